The Bertz CT molecular complexity index is 563. The summed E-state index contributed by atoms with van der Waals surface area (Å²) in [6.07, 6.45) is 1.09. The third-order valence-electron chi connectivity index (χ3n) is 2.99. The molecule has 0 heterocycles. The summed E-state index contributed by atoms with van der Waals surface area (Å²) >= 11 is 0. The number of carboxylic acid groups (broad SMARTS) is 1. The van der Waals surface area contributed by atoms with Crippen molar-refractivity contribution in [1.82, 2.24) is 5.32 Å². The van der Waals surface area contributed by atoms with E-state index in [0.29, 0.717) is 5.56 Å². The first-order chi connectivity index (χ1) is 8.74. The molecule has 2 aromatic carbocycles. The highest BCUT2D eigenvalue weighted by molar-refractivity contribution is 6.04. The summed E-state index contributed by atoms with van der Waals surface area (Å²) in [5.74, 6) is -0.876. The Balaban J connectivity index is 2.43. The van der Waals surface area contributed by atoms with Gasteiger partial charge in [-0.2, -0.15) is 0 Å². The molecule has 0 aliphatic rings. The molecule has 2 rings (SSSR count). The average Bonchev–Trinajstić information content (AvgIpc) is 2.38. The van der Waals surface area contributed by atoms with Gasteiger partial charge in [0.05, 0.1) is 5.56 Å². The van der Waals surface area contributed by atoms with Crippen molar-refractivity contribution in [2.24, 2.45) is 0 Å². The molecule has 0 aromatic heterocycles. The first-order valence-corrected chi connectivity index (χ1v) is 6.18. The molecule has 0 saturated heterocycles. The van der Waals surface area contributed by atoms with Crippen LogP contribution in [0.5, 0.6) is 0 Å². The van der Waals surface area contributed by atoms with E-state index >= 15 is 0 Å². The van der Waals surface area contributed by atoms with E-state index in [9.17, 15) is 9.90 Å². The Morgan fingerprint density at radius 1 is 1.17 bits per heavy atom. The Morgan fingerprint density at radius 3 is 2.61 bits per heavy atom. The molecule has 18 heavy (non-hydrogen) atoms. The molecule has 94 valence electrons. The van der Waals surface area contributed by atoms with Gasteiger partial charge in [0.1, 0.15) is 0 Å². The van der Waals surface area contributed by atoms with Crippen LogP contribution in [-0.2, 0) is 6.54 Å². The summed E-state index contributed by atoms with van der Waals surface area (Å²) in [7, 11) is 0. The number of fused-ring (bicyclic) bond motifs is 1. The third-order valence-corrected chi connectivity index (χ3v) is 2.99. The summed E-state index contributed by atoms with van der Waals surface area (Å²) in [6.45, 7) is 3.86. The van der Waals surface area contributed by atoms with Crippen molar-refractivity contribution in [3.63, 3.8) is 0 Å². The van der Waals surface area contributed by atoms with Crippen molar-refractivity contribution in [3.05, 3.63) is 47.5 Å². The summed E-state index contributed by atoms with van der Waals surface area (Å²) < 4.78 is 0. The molecular formula is C15H17NO2. The van der Waals surface area contributed by atoms with Gasteiger partial charge < -0.3 is 10.4 Å². The van der Waals surface area contributed by atoms with Crippen molar-refractivity contribution in [2.45, 2.75) is 19.9 Å². The summed E-state index contributed by atoms with van der Waals surface area (Å²) in [4.78, 5) is 11.2. The maximum atomic E-state index is 11.2. The smallest absolute Gasteiger partial charge is 0.336 e. The van der Waals surface area contributed by atoms with Gasteiger partial charge in [0.2, 0.25) is 0 Å². The van der Waals surface area contributed by atoms with E-state index in [-0.39, 0.29) is 0 Å². The standard InChI is InChI=1S/C15H17NO2/c1-2-9-16-10-11-5-3-7-13-12(11)6-4-8-14(13)15(17)18/h3-8,16H,2,9-10H2,1H3,(H,17,18). The highest BCUT2D eigenvalue weighted by atomic mass is 16.4. The van der Waals surface area contributed by atoms with E-state index in [1.54, 1.807) is 12.1 Å². The van der Waals surface area contributed by atoms with Crippen LogP contribution in [0.25, 0.3) is 10.8 Å². The van der Waals surface area contributed by atoms with Crippen LogP contribution in [0.2, 0.25) is 0 Å². The lowest BCUT2D eigenvalue weighted by atomic mass is 10.00. The number of carbonyl (C=O) groups is 1. The molecule has 0 amide bonds. The number of hydrogen-bond donors (Lipinski definition) is 2. The van der Waals surface area contributed by atoms with Gasteiger partial charge in [-0.25, -0.2) is 4.79 Å². The first kappa shape index (κ1) is 12.6. The lowest BCUT2D eigenvalue weighted by Gasteiger charge is -2.09. The van der Waals surface area contributed by atoms with Crippen LogP contribution in [0, 0.1) is 0 Å². The van der Waals surface area contributed by atoms with E-state index < -0.39 is 5.97 Å². The van der Waals surface area contributed by atoms with Crippen LogP contribution >= 0.6 is 0 Å². The van der Waals surface area contributed by atoms with Gasteiger partial charge >= 0.3 is 5.97 Å². The van der Waals surface area contributed by atoms with Gasteiger partial charge in [0, 0.05) is 6.54 Å². The molecule has 3 heteroatoms. The fourth-order valence-corrected chi connectivity index (χ4v) is 2.12. The Kier molecular flexibility index (Phi) is 3.95. The zero-order chi connectivity index (χ0) is 13.0. The van der Waals surface area contributed by atoms with E-state index in [1.165, 1.54) is 0 Å². The Morgan fingerprint density at radius 2 is 1.89 bits per heavy atom. The molecule has 0 unspecified atom stereocenters. The van der Waals surface area contributed by atoms with Gasteiger partial charge in [-0.05, 0) is 35.4 Å². The van der Waals surface area contributed by atoms with Crippen molar-refractivity contribution in [3.8, 4) is 0 Å². The van der Waals surface area contributed by atoms with Gasteiger partial charge in [-0.3, -0.25) is 0 Å². The second-order valence-corrected chi connectivity index (χ2v) is 4.30. The second kappa shape index (κ2) is 5.65. The zero-order valence-electron chi connectivity index (χ0n) is 10.4. The van der Waals surface area contributed by atoms with Gasteiger partial charge in [-0.1, -0.05) is 37.3 Å². The van der Waals surface area contributed by atoms with Crippen molar-refractivity contribution < 1.29 is 9.90 Å². The van der Waals surface area contributed by atoms with Crippen molar-refractivity contribution in [1.29, 1.82) is 0 Å². The molecule has 0 aliphatic heterocycles. The number of carboxylic acids is 1. The van der Waals surface area contributed by atoms with E-state index in [0.717, 1.165) is 35.8 Å². The lowest BCUT2D eigenvalue weighted by Crippen LogP contribution is -2.14. The van der Waals surface area contributed by atoms with Crippen LogP contribution in [0.1, 0.15) is 29.3 Å². The van der Waals surface area contributed by atoms with E-state index in [4.69, 9.17) is 0 Å². The number of aromatic carboxylic acids is 1. The predicted octanol–water partition coefficient (Wildman–Crippen LogP) is 3.04. The fourth-order valence-electron chi connectivity index (χ4n) is 2.12. The minimum Gasteiger partial charge on any atom is -0.478 e. The lowest BCUT2D eigenvalue weighted by molar-refractivity contribution is 0.0699. The highest BCUT2D eigenvalue weighted by Gasteiger charge is 2.09. The third kappa shape index (κ3) is 2.51. The number of hydrogen-bond acceptors (Lipinski definition) is 2. The minimum atomic E-state index is -0.876. The minimum absolute atomic E-state index is 0.366. The molecule has 2 N–H and O–H groups in total. The summed E-state index contributed by atoms with van der Waals surface area (Å²) in [6, 6.07) is 11.2. The van der Waals surface area contributed by atoms with Gasteiger partial charge in [-0.15, -0.1) is 0 Å². The fraction of sp³-hybridized carbons (Fsp3) is 0.267. The number of nitrogens with one attached hydrogen (secondary N) is 1. The molecular weight excluding hydrogens is 226 g/mol. The SMILES string of the molecule is CCCNCc1cccc2c(C(=O)O)cccc12. The monoisotopic (exact) mass is 243 g/mol. The number of rotatable bonds is 5. The number of benzene rings is 2. The van der Waals surface area contributed by atoms with Crippen LogP contribution in [0.3, 0.4) is 0 Å². The largest absolute Gasteiger partial charge is 0.478 e. The maximum Gasteiger partial charge on any atom is 0.336 e. The first-order valence-electron chi connectivity index (χ1n) is 6.18. The normalized spacial score (nSPS) is 10.7. The molecule has 3 nitrogen and oxygen atoms in total. The maximum absolute atomic E-state index is 11.2. The van der Waals surface area contributed by atoms with Gasteiger partial charge in [0.25, 0.3) is 0 Å². The molecule has 0 saturated carbocycles. The Labute approximate surface area is 106 Å². The Hall–Kier alpha value is -1.87. The molecule has 0 atom stereocenters. The van der Waals surface area contributed by atoms with Crippen LogP contribution in [0.15, 0.2) is 36.4 Å². The topological polar surface area (TPSA) is 49.3 Å². The van der Waals surface area contributed by atoms with Crippen molar-refractivity contribution >= 4 is 16.7 Å². The van der Waals surface area contributed by atoms with Crippen molar-refractivity contribution in [2.75, 3.05) is 6.54 Å². The van der Waals surface area contributed by atoms with Crippen LogP contribution in [0.4, 0.5) is 0 Å². The molecule has 0 bridgehead atoms. The highest BCUT2D eigenvalue weighted by Crippen LogP contribution is 2.22. The second-order valence-electron chi connectivity index (χ2n) is 4.30. The summed E-state index contributed by atoms with van der Waals surface area (Å²) in [5.41, 5.74) is 1.51. The van der Waals surface area contributed by atoms with E-state index in [1.807, 2.05) is 24.3 Å². The molecule has 2 aromatic rings. The van der Waals surface area contributed by atoms with Crippen LogP contribution in [-0.4, -0.2) is 17.6 Å². The average molecular weight is 243 g/mol. The van der Waals surface area contributed by atoms with E-state index in [2.05, 4.69) is 12.2 Å². The van der Waals surface area contributed by atoms with Crippen LogP contribution < -0.4 is 5.32 Å². The summed E-state index contributed by atoms with van der Waals surface area (Å²) in [5, 5.41) is 14.3. The quantitative estimate of drug-likeness (QED) is 0.793. The zero-order valence-corrected chi connectivity index (χ0v) is 10.4. The molecule has 0 radical (unpaired) electrons. The predicted molar refractivity (Wildman–Crippen MR) is 72.9 cm³/mol. The molecule has 0 aliphatic carbocycles. The molecule has 0 fully saturated rings. The van der Waals surface area contributed by atoms with Gasteiger partial charge in [0.15, 0.2) is 0 Å². The molecule has 0 spiro atoms.